The molecule has 1 aromatic heterocycles. The molecule has 0 bridgehead atoms. The Morgan fingerprint density at radius 2 is 2.31 bits per heavy atom. The van der Waals surface area contributed by atoms with E-state index in [0.29, 0.717) is 0 Å². The quantitative estimate of drug-likeness (QED) is 0.531. The van der Waals surface area contributed by atoms with E-state index in [1.54, 1.807) is 0 Å². The van der Waals surface area contributed by atoms with E-state index in [-0.39, 0.29) is 13.2 Å². The molecule has 1 rings (SSSR count). The second kappa shape index (κ2) is 4.55. The van der Waals surface area contributed by atoms with Gasteiger partial charge in [-0.3, -0.25) is 0 Å². The number of hydrogen-bond donors (Lipinski definition) is 1. The fourth-order valence-electron chi connectivity index (χ4n) is 1.02. The lowest BCUT2D eigenvalue weighted by atomic mass is 10.6. The van der Waals surface area contributed by atoms with E-state index in [9.17, 15) is 18.5 Å². The number of ether oxygens (including phenoxy) is 1. The van der Waals surface area contributed by atoms with Crippen LogP contribution in [0.3, 0.4) is 0 Å². The van der Waals surface area contributed by atoms with Gasteiger partial charge in [-0.05, 0) is 4.92 Å². The van der Waals surface area contributed by atoms with Crippen LogP contribution in [0.15, 0.2) is 11.1 Å². The summed E-state index contributed by atoms with van der Waals surface area (Å²) in [6.07, 6.45) is 1.01. The fraction of sp³-hybridized carbons (Fsp3) is 0.500. The first-order valence-corrected chi connectivity index (χ1v) is 5.64. The Morgan fingerprint density at radius 1 is 1.69 bits per heavy atom. The van der Waals surface area contributed by atoms with Crippen LogP contribution in [-0.2, 0) is 21.3 Å². The van der Waals surface area contributed by atoms with Gasteiger partial charge in [-0.15, -0.1) is 0 Å². The molecule has 0 aromatic carbocycles. The number of rotatable bonds is 5. The lowest BCUT2D eigenvalue weighted by Crippen LogP contribution is -2.13. The normalized spacial score (nSPS) is 11.6. The fourth-order valence-corrected chi connectivity index (χ4v) is 1.66. The summed E-state index contributed by atoms with van der Waals surface area (Å²) in [5.74, 6) is -0.779. The highest BCUT2D eigenvalue weighted by Crippen LogP contribution is 2.19. The Bertz CT molecular complexity index is 493. The first kappa shape index (κ1) is 12.5. The van der Waals surface area contributed by atoms with Crippen LogP contribution in [0.4, 0.5) is 5.82 Å². The number of nitro groups is 1. The van der Waals surface area contributed by atoms with Gasteiger partial charge in [0.05, 0.1) is 24.4 Å². The average molecular weight is 250 g/mol. The lowest BCUT2D eigenvalue weighted by molar-refractivity contribution is -0.392. The van der Waals surface area contributed by atoms with Crippen molar-refractivity contribution in [2.75, 3.05) is 13.7 Å². The van der Waals surface area contributed by atoms with E-state index < -0.39 is 25.7 Å². The molecule has 0 aliphatic carbocycles. The van der Waals surface area contributed by atoms with Crippen molar-refractivity contribution in [1.29, 1.82) is 0 Å². The summed E-state index contributed by atoms with van der Waals surface area (Å²) >= 11 is 0. The van der Waals surface area contributed by atoms with Gasteiger partial charge in [-0.2, -0.15) is 4.68 Å². The molecule has 10 heteroatoms. The van der Waals surface area contributed by atoms with Gasteiger partial charge in [0.25, 0.3) is 0 Å². The molecule has 0 saturated heterocycles. The molecule has 0 saturated carbocycles. The largest absolute Gasteiger partial charge is 0.410 e. The smallest absolute Gasteiger partial charge is 0.383 e. The highest BCUT2D eigenvalue weighted by molar-refractivity contribution is 7.89. The van der Waals surface area contributed by atoms with E-state index in [4.69, 9.17) is 9.88 Å². The number of sulfonamides is 1. The maximum absolute atomic E-state index is 11.0. The van der Waals surface area contributed by atoms with Gasteiger partial charge in [0, 0.05) is 7.11 Å². The molecule has 0 amide bonds. The van der Waals surface area contributed by atoms with Crippen molar-refractivity contribution in [3.8, 4) is 0 Å². The van der Waals surface area contributed by atoms with Crippen LogP contribution >= 0.6 is 0 Å². The van der Waals surface area contributed by atoms with E-state index in [0.717, 1.165) is 10.9 Å². The summed E-state index contributed by atoms with van der Waals surface area (Å²) in [6, 6.07) is 0. The second-order valence-electron chi connectivity index (χ2n) is 2.87. The minimum absolute atomic E-state index is 0.201. The summed E-state index contributed by atoms with van der Waals surface area (Å²) < 4.78 is 27.9. The van der Waals surface area contributed by atoms with Crippen molar-refractivity contribution >= 4 is 15.8 Å². The molecule has 0 radical (unpaired) electrons. The van der Waals surface area contributed by atoms with E-state index >= 15 is 0 Å². The molecule has 0 atom stereocenters. The molecule has 9 nitrogen and oxygen atoms in total. The molecule has 1 heterocycles. The van der Waals surface area contributed by atoms with Gasteiger partial charge < -0.3 is 14.9 Å². The van der Waals surface area contributed by atoms with E-state index in [1.165, 1.54) is 7.11 Å². The minimum atomic E-state index is -4.15. The number of methoxy groups -OCH3 is 1. The molecule has 1 aromatic rings. The second-order valence-corrected chi connectivity index (χ2v) is 4.40. The molecule has 0 fully saturated rings. The van der Waals surface area contributed by atoms with Crippen molar-refractivity contribution in [3.05, 3.63) is 16.3 Å². The number of primary sulfonamides is 1. The van der Waals surface area contributed by atoms with Crippen molar-refractivity contribution < 1.29 is 18.1 Å². The number of nitrogens with zero attached hydrogens (tertiary/aromatic N) is 3. The first-order chi connectivity index (χ1) is 7.36. The molecule has 0 spiro atoms. The third kappa shape index (κ3) is 2.74. The summed E-state index contributed by atoms with van der Waals surface area (Å²) in [6.45, 7) is 0.454. The highest BCUT2D eigenvalue weighted by Gasteiger charge is 2.28. The summed E-state index contributed by atoms with van der Waals surface area (Å²) in [7, 11) is -2.71. The maximum Gasteiger partial charge on any atom is 0.410 e. The maximum atomic E-state index is 11.0. The van der Waals surface area contributed by atoms with Crippen LogP contribution in [0.1, 0.15) is 0 Å². The van der Waals surface area contributed by atoms with Gasteiger partial charge in [-0.1, -0.05) is 0 Å². The predicted molar refractivity (Wildman–Crippen MR) is 52.1 cm³/mol. The van der Waals surface area contributed by atoms with Crippen molar-refractivity contribution in [2.24, 2.45) is 5.14 Å². The Morgan fingerprint density at radius 3 is 2.69 bits per heavy atom. The SMILES string of the molecule is COCCn1cc(S(N)(=O)=O)c([N+](=O)[O-])n1. The predicted octanol–water partition coefficient (Wildman–Crippen LogP) is -0.915. The van der Waals surface area contributed by atoms with Crippen LogP contribution in [0.2, 0.25) is 0 Å². The summed E-state index contributed by atoms with van der Waals surface area (Å²) in [5, 5.41) is 18.8. The zero-order chi connectivity index (χ0) is 12.3. The topological polar surface area (TPSA) is 130 Å². The first-order valence-electron chi connectivity index (χ1n) is 4.10. The standard InChI is InChI=1S/C6H10N4O5S/c1-15-3-2-9-4-5(16(7,13)14)6(8-9)10(11)12/h4H,2-3H2,1H3,(H2,7,13,14). The third-order valence-electron chi connectivity index (χ3n) is 1.71. The summed E-state index contributed by atoms with van der Waals surface area (Å²) in [5.41, 5.74) is 0. The van der Waals surface area contributed by atoms with Gasteiger partial charge in [0.1, 0.15) is 0 Å². The van der Waals surface area contributed by atoms with Crippen LogP contribution in [-0.4, -0.2) is 36.8 Å². The Labute approximate surface area is 91.0 Å². The number of hydrogen-bond acceptors (Lipinski definition) is 6. The van der Waals surface area contributed by atoms with Crippen LogP contribution in [0, 0.1) is 10.1 Å². The van der Waals surface area contributed by atoms with E-state index in [1.807, 2.05) is 0 Å². The zero-order valence-corrected chi connectivity index (χ0v) is 9.18. The van der Waals surface area contributed by atoms with Crippen LogP contribution < -0.4 is 5.14 Å². The lowest BCUT2D eigenvalue weighted by Gasteiger charge is -1.93. The minimum Gasteiger partial charge on any atom is -0.383 e. The van der Waals surface area contributed by atoms with Gasteiger partial charge >= 0.3 is 5.82 Å². The Hall–Kier alpha value is -1.52. The molecule has 0 unspecified atom stereocenters. The Balaban J connectivity index is 3.16. The highest BCUT2D eigenvalue weighted by atomic mass is 32.2. The van der Waals surface area contributed by atoms with Crippen molar-refractivity contribution in [3.63, 3.8) is 0 Å². The molecular weight excluding hydrogens is 240 g/mol. The number of aromatic nitrogens is 2. The summed E-state index contributed by atoms with van der Waals surface area (Å²) in [4.78, 5) is 9.03. The van der Waals surface area contributed by atoms with Crippen molar-refractivity contribution in [2.45, 2.75) is 11.4 Å². The van der Waals surface area contributed by atoms with Gasteiger partial charge in [0.2, 0.25) is 14.9 Å². The van der Waals surface area contributed by atoms with Crippen molar-refractivity contribution in [1.82, 2.24) is 9.78 Å². The molecule has 0 aliphatic rings. The monoisotopic (exact) mass is 250 g/mol. The van der Waals surface area contributed by atoms with Crippen LogP contribution in [0.25, 0.3) is 0 Å². The van der Waals surface area contributed by atoms with Gasteiger partial charge in [0.15, 0.2) is 0 Å². The third-order valence-corrected chi connectivity index (χ3v) is 2.61. The molecule has 90 valence electrons. The molecule has 16 heavy (non-hydrogen) atoms. The van der Waals surface area contributed by atoms with Gasteiger partial charge in [-0.25, -0.2) is 13.6 Å². The van der Waals surface area contributed by atoms with E-state index in [2.05, 4.69) is 5.10 Å². The molecule has 0 aliphatic heterocycles. The molecular formula is C6H10N4O5S. The number of nitrogens with two attached hydrogens (primary N) is 1. The molecule has 2 N–H and O–H groups in total. The zero-order valence-electron chi connectivity index (χ0n) is 8.36. The average Bonchev–Trinajstić information content (AvgIpc) is 2.58. The Kier molecular flexibility index (Phi) is 3.57. The van der Waals surface area contributed by atoms with Crippen LogP contribution in [0.5, 0.6) is 0 Å².